The van der Waals surface area contributed by atoms with Crippen LogP contribution in [0.25, 0.3) is 0 Å². The highest BCUT2D eigenvalue weighted by molar-refractivity contribution is 7.13. The minimum atomic E-state index is -0.114. The number of nitrogens with one attached hydrogen (secondary N) is 2. The van der Waals surface area contributed by atoms with E-state index in [2.05, 4.69) is 15.6 Å². The Balaban J connectivity index is 1.62. The van der Waals surface area contributed by atoms with E-state index in [1.807, 2.05) is 0 Å². The molecule has 1 aliphatic carbocycles. The summed E-state index contributed by atoms with van der Waals surface area (Å²) >= 11 is 1.38. The molecule has 0 saturated heterocycles. The lowest BCUT2D eigenvalue weighted by molar-refractivity contribution is -0.124. The quantitative estimate of drug-likeness (QED) is 0.854. The Hall–Kier alpha value is -1.43. The highest BCUT2D eigenvalue weighted by atomic mass is 32.1. The lowest BCUT2D eigenvalue weighted by Crippen LogP contribution is -2.31. The second-order valence-corrected chi connectivity index (χ2v) is 5.30. The summed E-state index contributed by atoms with van der Waals surface area (Å²) in [6, 6.07) is 0. The molecule has 1 heterocycles. The van der Waals surface area contributed by atoms with Crippen LogP contribution in [-0.4, -0.2) is 23.3 Å². The number of hydrogen-bond donors (Lipinski definition) is 2. The molecule has 0 spiro atoms. The van der Waals surface area contributed by atoms with Crippen LogP contribution in [0.3, 0.4) is 0 Å². The van der Waals surface area contributed by atoms with Crippen LogP contribution < -0.4 is 10.6 Å². The van der Waals surface area contributed by atoms with Crippen molar-refractivity contribution in [3.63, 3.8) is 0 Å². The van der Waals surface area contributed by atoms with Crippen LogP contribution in [0.2, 0.25) is 0 Å². The van der Waals surface area contributed by atoms with Crippen molar-refractivity contribution in [3.8, 4) is 0 Å². The smallest absolute Gasteiger partial charge is 0.227 e. The molecule has 1 saturated carbocycles. The molecule has 1 aromatic heterocycles. The average Bonchev–Trinajstić information content (AvgIpc) is 3.00. The summed E-state index contributed by atoms with van der Waals surface area (Å²) < 4.78 is 0. The van der Waals surface area contributed by atoms with Gasteiger partial charge >= 0.3 is 0 Å². The predicted molar refractivity (Wildman–Crippen MR) is 70.3 cm³/mol. The molecule has 0 unspecified atom stereocenters. The highest BCUT2D eigenvalue weighted by Crippen LogP contribution is 2.24. The van der Waals surface area contributed by atoms with Gasteiger partial charge in [-0.05, 0) is 12.8 Å². The van der Waals surface area contributed by atoms with Crippen LogP contribution >= 0.6 is 11.3 Å². The summed E-state index contributed by atoms with van der Waals surface area (Å²) in [6.07, 6.45) is 6.18. The van der Waals surface area contributed by atoms with Crippen molar-refractivity contribution in [3.05, 3.63) is 11.6 Å². The number of rotatable bonds is 5. The van der Waals surface area contributed by atoms with E-state index in [1.54, 1.807) is 11.6 Å². The molecule has 1 aliphatic rings. The third-order valence-electron chi connectivity index (χ3n) is 3.06. The standard InChI is InChI=1S/C12H17N3O2S/c16-10(15-12-14-7-8-18-12)5-6-13-11(17)9-3-1-2-4-9/h7-9H,1-6H2,(H,13,17)(H,14,15,16). The summed E-state index contributed by atoms with van der Waals surface area (Å²) in [5.41, 5.74) is 0. The fourth-order valence-electron chi connectivity index (χ4n) is 2.10. The number of thiazole rings is 1. The number of carbonyl (C=O) groups excluding carboxylic acids is 2. The van der Waals surface area contributed by atoms with Crippen LogP contribution in [-0.2, 0) is 9.59 Å². The third kappa shape index (κ3) is 3.80. The Morgan fingerprint density at radius 2 is 2.17 bits per heavy atom. The summed E-state index contributed by atoms with van der Waals surface area (Å²) in [7, 11) is 0. The first-order valence-corrected chi connectivity index (χ1v) is 7.11. The van der Waals surface area contributed by atoms with Crippen molar-refractivity contribution >= 4 is 28.3 Å². The van der Waals surface area contributed by atoms with E-state index in [0.717, 1.165) is 25.7 Å². The first-order chi connectivity index (χ1) is 8.75. The van der Waals surface area contributed by atoms with Crippen LogP contribution in [0.4, 0.5) is 5.13 Å². The van der Waals surface area contributed by atoms with Gasteiger partial charge in [0.15, 0.2) is 5.13 Å². The van der Waals surface area contributed by atoms with Crippen molar-refractivity contribution in [2.45, 2.75) is 32.1 Å². The third-order valence-corrected chi connectivity index (χ3v) is 3.74. The Morgan fingerprint density at radius 1 is 1.39 bits per heavy atom. The van der Waals surface area contributed by atoms with E-state index >= 15 is 0 Å². The molecule has 6 heteroatoms. The average molecular weight is 267 g/mol. The van der Waals surface area contributed by atoms with Gasteiger partial charge in [0.05, 0.1) is 0 Å². The van der Waals surface area contributed by atoms with E-state index in [0.29, 0.717) is 11.7 Å². The van der Waals surface area contributed by atoms with Crippen LogP contribution in [0.5, 0.6) is 0 Å². The van der Waals surface area contributed by atoms with Crippen molar-refractivity contribution < 1.29 is 9.59 Å². The fraction of sp³-hybridized carbons (Fsp3) is 0.583. The molecule has 98 valence electrons. The van der Waals surface area contributed by atoms with Gasteiger partial charge in [-0.15, -0.1) is 11.3 Å². The van der Waals surface area contributed by atoms with Gasteiger partial charge in [0.1, 0.15) is 0 Å². The van der Waals surface area contributed by atoms with Crippen LogP contribution in [0.1, 0.15) is 32.1 Å². The maximum Gasteiger partial charge on any atom is 0.227 e. The number of aromatic nitrogens is 1. The molecule has 5 nitrogen and oxygen atoms in total. The maximum absolute atomic E-state index is 11.7. The summed E-state index contributed by atoms with van der Waals surface area (Å²) in [6.45, 7) is 0.395. The largest absolute Gasteiger partial charge is 0.355 e. The lowest BCUT2D eigenvalue weighted by Gasteiger charge is -2.09. The summed E-state index contributed by atoms with van der Waals surface area (Å²) in [5.74, 6) is 0.137. The molecule has 18 heavy (non-hydrogen) atoms. The van der Waals surface area contributed by atoms with Gasteiger partial charge in [-0.1, -0.05) is 12.8 Å². The zero-order valence-corrected chi connectivity index (χ0v) is 11.0. The monoisotopic (exact) mass is 267 g/mol. The van der Waals surface area contributed by atoms with E-state index in [-0.39, 0.29) is 24.2 Å². The molecule has 1 fully saturated rings. The second-order valence-electron chi connectivity index (χ2n) is 4.41. The first-order valence-electron chi connectivity index (χ1n) is 6.23. The predicted octanol–water partition coefficient (Wildman–Crippen LogP) is 1.78. The van der Waals surface area contributed by atoms with E-state index in [1.165, 1.54) is 11.3 Å². The molecular weight excluding hydrogens is 250 g/mol. The van der Waals surface area contributed by atoms with Gasteiger partial charge in [-0.25, -0.2) is 4.98 Å². The summed E-state index contributed by atoms with van der Waals surface area (Å²) in [4.78, 5) is 27.2. The molecule has 2 rings (SSSR count). The molecule has 2 N–H and O–H groups in total. The minimum Gasteiger partial charge on any atom is -0.355 e. The van der Waals surface area contributed by atoms with Gasteiger partial charge in [0.2, 0.25) is 11.8 Å². The highest BCUT2D eigenvalue weighted by Gasteiger charge is 2.22. The molecular formula is C12H17N3O2S. The number of hydrogen-bond acceptors (Lipinski definition) is 4. The number of nitrogens with zero attached hydrogens (tertiary/aromatic N) is 1. The summed E-state index contributed by atoms with van der Waals surface area (Å²) in [5, 5.41) is 7.90. The fourth-order valence-corrected chi connectivity index (χ4v) is 2.64. The maximum atomic E-state index is 11.7. The van der Waals surface area contributed by atoms with Gasteiger partial charge in [-0.2, -0.15) is 0 Å². The van der Waals surface area contributed by atoms with Crippen molar-refractivity contribution in [1.82, 2.24) is 10.3 Å². The van der Waals surface area contributed by atoms with Crippen molar-refractivity contribution in [1.29, 1.82) is 0 Å². The van der Waals surface area contributed by atoms with Crippen molar-refractivity contribution in [2.24, 2.45) is 5.92 Å². The van der Waals surface area contributed by atoms with Gasteiger partial charge in [0.25, 0.3) is 0 Å². The topological polar surface area (TPSA) is 71.1 Å². The molecule has 2 amide bonds. The number of carbonyl (C=O) groups is 2. The molecule has 0 aromatic carbocycles. The lowest BCUT2D eigenvalue weighted by atomic mass is 10.1. The van der Waals surface area contributed by atoms with Crippen molar-refractivity contribution in [2.75, 3.05) is 11.9 Å². The minimum absolute atomic E-state index is 0.0922. The Bertz CT molecular complexity index is 399. The second kappa shape index (κ2) is 6.49. The van der Waals surface area contributed by atoms with Gasteiger partial charge in [-0.3, -0.25) is 9.59 Å². The molecule has 1 aromatic rings. The molecule has 0 bridgehead atoms. The number of amides is 2. The van der Waals surface area contributed by atoms with Gasteiger partial charge < -0.3 is 10.6 Å². The normalized spacial score (nSPS) is 15.6. The Morgan fingerprint density at radius 3 is 2.83 bits per heavy atom. The first kappa shape index (κ1) is 13.0. The molecule has 0 aliphatic heterocycles. The SMILES string of the molecule is O=C(CCNC(=O)C1CCCC1)Nc1nccs1. The van der Waals surface area contributed by atoms with Gasteiger partial charge in [0, 0.05) is 30.5 Å². The van der Waals surface area contributed by atoms with E-state index in [9.17, 15) is 9.59 Å². The number of anilines is 1. The van der Waals surface area contributed by atoms with E-state index < -0.39 is 0 Å². The Labute approximate surface area is 110 Å². The zero-order valence-electron chi connectivity index (χ0n) is 10.1. The molecule has 0 atom stereocenters. The zero-order chi connectivity index (χ0) is 12.8. The molecule has 0 radical (unpaired) electrons. The van der Waals surface area contributed by atoms with Crippen LogP contribution in [0.15, 0.2) is 11.6 Å². The van der Waals surface area contributed by atoms with Crippen LogP contribution in [0, 0.1) is 5.92 Å². The van der Waals surface area contributed by atoms with E-state index in [4.69, 9.17) is 0 Å². The Kier molecular flexibility index (Phi) is 4.69.